The molecule has 0 spiro atoms. The Morgan fingerprint density at radius 3 is 2.86 bits per heavy atom. The van der Waals surface area contributed by atoms with Crippen molar-refractivity contribution < 1.29 is 4.79 Å². The van der Waals surface area contributed by atoms with Gasteiger partial charge in [0, 0.05) is 25.3 Å². The lowest BCUT2D eigenvalue weighted by Gasteiger charge is -2.24. The number of aromatic nitrogens is 1. The number of benzene rings is 1. The van der Waals surface area contributed by atoms with Crippen molar-refractivity contribution in [3.05, 3.63) is 59.9 Å². The van der Waals surface area contributed by atoms with Gasteiger partial charge in [0.2, 0.25) is 0 Å². The van der Waals surface area contributed by atoms with Crippen molar-refractivity contribution >= 4 is 5.91 Å². The molecule has 110 valence electrons. The summed E-state index contributed by atoms with van der Waals surface area (Å²) < 4.78 is 2.00. The van der Waals surface area contributed by atoms with Gasteiger partial charge in [-0.3, -0.25) is 4.79 Å². The van der Waals surface area contributed by atoms with Gasteiger partial charge in [-0.15, -0.1) is 0 Å². The number of carbonyl (C=O) groups excluding carboxylic acids is 1. The molecule has 0 saturated carbocycles. The van der Waals surface area contributed by atoms with Crippen LogP contribution in [0.5, 0.6) is 0 Å². The zero-order valence-corrected chi connectivity index (χ0v) is 12.1. The standard InChI is InChI=1S/C17H21N3O/c21-17(19-15-8-4-10-18-12-15)16-9-5-11-20(16)13-14-6-2-1-3-7-14/h1-3,5-7,9,11,15,18H,4,8,10,12-13H2,(H,19,21)/t15-/m0/s1. The molecular weight excluding hydrogens is 262 g/mol. The van der Waals surface area contributed by atoms with Crippen LogP contribution in [0.1, 0.15) is 28.9 Å². The molecule has 1 aliphatic heterocycles. The molecule has 0 bridgehead atoms. The Morgan fingerprint density at radius 2 is 2.10 bits per heavy atom. The summed E-state index contributed by atoms with van der Waals surface area (Å²) >= 11 is 0. The maximum absolute atomic E-state index is 12.4. The summed E-state index contributed by atoms with van der Waals surface area (Å²) in [6.45, 7) is 2.64. The highest BCUT2D eigenvalue weighted by Gasteiger charge is 2.18. The summed E-state index contributed by atoms with van der Waals surface area (Å²) in [6.07, 6.45) is 4.13. The first-order valence-electron chi connectivity index (χ1n) is 7.53. The van der Waals surface area contributed by atoms with E-state index in [0.29, 0.717) is 0 Å². The summed E-state index contributed by atoms with van der Waals surface area (Å²) in [7, 11) is 0. The second-order valence-corrected chi connectivity index (χ2v) is 5.52. The van der Waals surface area contributed by atoms with Crippen molar-refractivity contribution in [1.82, 2.24) is 15.2 Å². The first-order chi connectivity index (χ1) is 10.3. The summed E-state index contributed by atoms with van der Waals surface area (Å²) in [5.74, 6) is 0.0182. The van der Waals surface area contributed by atoms with Crippen LogP contribution >= 0.6 is 0 Å². The Labute approximate surface area is 125 Å². The van der Waals surface area contributed by atoms with Gasteiger partial charge in [0.1, 0.15) is 5.69 Å². The van der Waals surface area contributed by atoms with E-state index < -0.39 is 0 Å². The average molecular weight is 283 g/mol. The number of piperidine rings is 1. The lowest BCUT2D eigenvalue weighted by atomic mass is 10.1. The lowest BCUT2D eigenvalue weighted by molar-refractivity contribution is 0.0921. The number of hydrogen-bond acceptors (Lipinski definition) is 2. The highest BCUT2D eigenvalue weighted by Crippen LogP contribution is 2.09. The molecule has 1 aliphatic rings. The molecule has 4 heteroatoms. The minimum Gasteiger partial charge on any atom is -0.347 e. The fourth-order valence-corrected chi connectivity index (χ4v) is 2.77. The molecule has 1 fully saturated rings. The molecule has 1 aromatic heterocycles. The van der Waals surface area contributed by atoms with E-state index >= 15 is 0 Å². The maximum atomic E-state index is 12.4. The van der Waals surface area contributed by atoms with Crippen LogP contribution < -0.4 is 10.6 Å². The third-order valence-corrected chi connectivity index (χ3v) is 3.89. The Kier molecular flexibility index (Phi) is 4.36. The van der Waals surface area contributed by atoms with Crippen LogP contribution in [-0.4, -0.2) is 29.6 Å². The van der Waals surface area contributed by atoms with Crippen LogP contribution in [0.15, 0.2) is 48.7 Å². The molecule has 3 rings (SSSR count). The van der Waals surface area contributed by atoms with Crippen molar-refractivity contribution in [2.45, 2.75) is 25.4 Å². The molecule has 2 aromatic rings. The minimum atomic E-state index is 0.0182. The first-order valence-corrected chi connectivity index (χ1v) is 7.53. The summed E-state index contributed by atoms with van der Waals surface area (Å²) in [6, 6.07) is 14.2. The van der Waals surface area contributed by atoms with Crippen LogP contribution in [0.3, 0.4) is 0 Å². The first kappa shape index (κ1) is 13.9. The van der Waals surface area contributed by atoms with Gasteiger partial charge in [-0.05, 0) is 37.1 Å². The molecule has 4 nitrogen and oxygen atoms in total. The summed E-state index contributed by atoms with van der Waals surface area (Å²) in [5.41, 5.74) is 1.92. The Bertz CT molecular complexity index is 585. The van der Waals surface area contributed by atoms with Gasteiger partial charge in [0.15, 0.2) is 0 Å². The zero-order chi connectivity index (χ0) is 14.5. The van der Waals surface area contributed by atoms with E-state index in [-0.39, 0.29) is 11.9 Å². The van der Waals surface area contributed by atoms with E-state index in [0.717, 1.165) is 38.2 Å². The molecule has 1 aromatic carbocycles. The fourth-order valence-electron chi connectivity index (χ4n) is 2.77. The van der Waals surface area contributed by atoms with Crippen molar-refractivity contribution in [2.24, 2.45) is 0 Å². The van der Waals surface area contributed by atoms with Gasteiger partial charge in [-0.25, -0.2) is 0 Å². The summed E-state index contributed by atoms with van der Waals surface area (Å²) in [5, 5.41) is 6.44. The van der Waals surface area contributed by atoms with Crippen LogP contribution in [0, 0.1) is 0 Å². The van der Waals surface area contributed by atoms with Crippen LogP contribution in [0.4, 0.5) is 0 Å². The van der Waals surface area contributed by atoms with Crippen LogP contribution in [-0.2, 0) is 6.54 Å². The largest absolute Gasteiger partial charge is 0.347 e. The third kappa shape index (κ3) is 3.52. The monoisotopic (exact) mass is 283 g/mol. The number of nitrogens with one attached hydrogen (secondary N) is 2. The predicted octanol–water partition coefficient (Wildman–Crippen LogP) is 2.02. The van der Waals surface area contributed by atoms with Gasteiger partial charge in [0.25, 0.3) is 5.91 Å². The normalized spacial score (nSPS) is 18.4. The topological polar surface area (TPSA) is 46.1 Å². The highest BCUT2D eigenvalue weighted by atomic mass is 16.2. The Balaban J connectivity index is 1.68. The van der Waals surface area contributed by atoms with Crippen molar-refractivity contribution in [2.75, 3.05) is 13.1 Å². The minimum absolute atomic E-state index is 0.0182. The van der Waals surface area contributed by atoms with Gasteiger partial charge >= 0.3 is 0 Å². The molecule has 1 atom stereocenters. The molecule has 1 amide bonds. The molecule has 2 N–H and O–H groups in total. The Morgan fingerprint density at radius 1 is 1.24 bits per heavy atom. The van der Waals surface area contributed by atoms with Gasteiger partial charge in [-0.2, -0.15) is 0 Å². The number of amides is 1. The second-order valence-electron chi connectivity index (χ2n) is 5.52. The van der Waals surface area contributed by atoms with E-state index in [4.69, 9.17) is 0 Å². The third-order valence-electron chi connectivity index (χ3n) is 3.89. The van der Waals surface area contributed by atoms with Crippen LogP contribution in [0.25, 0.3) is 0 Å². The summed E-state index contributed by atoms with van der Waals surface area (Å²) in [4.78, 5) is 12.4. The quantitative estimate of drug-likeness (QED) is 0.902. The van der Waals surface area contributed by atoms with E-state index in [2.05, 4.69) is 22.8 Å². The number of nitrogens with zero attached hydrogens (tertiary/aromatic N) is 1. The molecule has 2 heterocycles. The van der Waals surface area contributed by atoms with Gasteiger partial charge < -0.3 is 15.2 Å². The van der Waals surface area contributed by atoms with Crippen molar-refractivity contribution in [3.63, 3.8) is 0 Å². The Hall–Kier alpha value is -2.07. The predicted molar refractivity (Wildman–Crippen MR) is 83.3 cm³/mol. The number of carbonyl (C=O) groups is 1. The number of rotatable bonds is 4. The fraction of sp³-hybridized carbons (Fsp3) is 0.353. The second kappa shape index (κ2) is 6.59. The maximum Gasteiger partial charge on any atom is 0.268 e. The lowest BCUT2D eigenvalue weighted by Crippen LogP contribution is -2.46. The van der Waals surface area contributed by atoms with Crippen LogP contribution in [0.2, 0.25) is 0 Å². The van der Waals surface area contributed by atoms with E-state index in [1.807, 2.05) is 41.1 Å². The highest BCUT2D eigenvalue weighted by molar-refractivity contribution is 5.93. The van der Waals surface area contributed by atoms with E-state index in [1.54, 1.807) is 0 Å². The molecule has 0 radical (unpaired) electrons. The van der Waals surface area contributed by atoms with Crippen molar-refractivity contribution in [1.29, 1.82) is 0 Å². The van der Waals surface area contributed by atoms with E-state index in [1.165, 1.54) is 5.56 Å². The zero-order valence-electron chi connectivity index (χ0n) is 12.1. The van der Waals surface area contributed by atoms with Gasteiger partial charge in [0.05, 0.1) is 0 Å². The molecule has 0 unspecified atom stereocenters. The average Bonchev–Trinajstić information content (AvgIpc) is 2.97. The SMILES string of the molecule is O=C(N[C@H]1CCCNC1)c1cccn1Cc1ccccc1. The number of hydrogen-bond donors (Lipinski definition) is 2. The van der Waals surface area contributed by atoms with Crippen molar-refractivity contribution in [3.8, 4) is 0 Å². The molecule has 0 aliphatic carbocycles. The van der Waals surface area contributed by atoms with Gasteiger partial charge in [-0.1, -0.05) is 30.3 Å². The molecule has 1 saturated heterocycles. The smallest absolute Gasteiger partial charge is 0.268 e. The molecular formula is C17H21N3O. The van der Waals surface area contributed by atoms with E-state index in [9.17, 15) is 4.79 Å². The molecule has 21 heavy (non-hydrogen) atoms.